The van der Waals surface area contributed by atoms with Crippen LogP contribution in [0.15, 0.2) is 42.6 Å². The van der Waals surface area contributed by atoms with Crippen LogP contribution in [-0.2, 0) is 13.0 Å². The fourth-order valence-corrected chi connectivity index (χ4v) is 1.82. The molecule has 1 heterocycles. The summed E-state index contributed by atoms with van der Waals surface area (Å²) in [5.41, 5.74) is 9.28. The molecule has 0 bridgehead atoms. The smallest absolute Gasteiger partial charge is 0.126 e. The van der Waals surface area contributed by atoms with E-state index in [9.17, 15) is 0 Å². The number of nitrogens with one attached hydrogen (secondary N) is 1. The molecule has 0 aliphatic carbocycles. The molecule has 0 radical (unpaired) electrons. The van der Waals surface area contributed by atoms with Gasteiger partial charge in [-0.05, 0) is 48.7 Å². The van der Waals surface area contributed by atoms with Crippen LogP contribution in [0.2, 0.25) is 0 Å². The van der Waals surface area contributed by atoms with E-state index in [1.54, 1.807) is 0 Å². The number of rotatable bonds is 5. The van der Waals surface area contributed by atoms with Gasteiger partial charge in [-0.3, -0.25) is 0 Å². The highest BCUT2D eigenvalue weighted by Crippen LogP contribution is 2.09. The molecular weight excluding hydrogens is 222 g/mol. The molecule has 3 heteroatoms. The van der Waals surface area contributed by atoms with E-state index in [1.165, 1.54) is 16.7 Å². The van der Waals surface area contributed by atoms with Gasteiger partial charge in [0.1, 0.15) is 5.82 Å². The predicted molar refractivity (Wildman–Crippen MR) is 75.5 cm³/mol. The van der Waals surface area contributed by atoms with Crippen molar-refractivity contribution in [2.75, 3.05) is 11.9 Å². The lowest BCUT2D eigenvalue weighted by Crippen LogP contribution is -2.04. The highest BCUT2D eigenvalue weighted by atomic mass is 15.0. The van der Waals surface area contributed by atoms with E-state index in [1.807, 2.05) is 18.3 Å². The highest BCUT2D eigenvalue weighted by Gasteiger charge is 1.96. The average Bonchev–Trinajstić information content (AvgIpc) is 2.38. The summed E-state index contributed by atoms with van der Waals surface area (Å²) >= 11 is 0. The van der Waals surface area contributed by atoms with Gasteiger partial charge in [-0.15, -0.1) is 0 Å². The molecule has 2 rings (SSSR count). The standard InChI is InChI=1S/C15H19N3/c1-12-7-9-17-15(10-12)18-11-14-4-2-13(3-5-14)6-8-16/h2-5,7,9-10H,6,8,11,16H2,1H3,(H,17,18). The Hall–Kier alpha value is -1.87. The maximum absolute atomic E-state index is 5.53. The zero-order valence-electron chi connectivity index (χ0n) is 10.7. The Balaban J connectivity index is 1.93. The third-order valence-corrected chi connectivity index (χ3v) is 2.85. The van der Waals surface area contributed by atoms with Gasteiger partial charge in [0, 0.05) is 12.7 Å². The van der Waals surface area contributed by atoms with Crippen LogP contribution in [0.1, 0.15) is 16.7 Å². The summed E-state index contributed by atoms with van der Waals surface area (Å²) in [6.45, 7) is 3.55. The molecule has 0 fully saturated rings. The number of benzene rings is 1. The summed E-state index contributed by atoms with van der Waals surface area (Å²) in [7, 11) is 0. The summed E-state index contributed by atoms with van der Waals surface area (Å²) in [4.78, 5) is 4.27. The van der Waals surface area contributed by atoms with Crippen molar-refractivity contribution in [3.63, 3.8) is 0 Å². The van der Waals surface area contributed by atoms with Crippen molar-refractivity contribution in [1.82, 2.24) is 4.98 Å². The first-order chi connectivity index (χ1) is 8.78. The molecule has 0 amide bonds. The second-order valence-corrected chi connectivity index (χ2v) is 4.43. The molecule has 0 unspecified atom stereocenters. The van der Waals surface area contributed by atoms with Gasteiger partial charge in [0.05, 0.1) is 0 Å². The van der Waals surface area contributed by atoms with Gasteiger partial charge in [-0.1, -0.05) is 24.3 Å². The molecular formula is C15H19N3. The number of aryl methyl sites for hydroxylation is 1. The normalized spacial score (nSPS) is 10.3. The summed E-state index contributed by atoms with van der Waals surface area (Å²) in [5, 5.41) is 3.32. The number of nitrogens with zero attached hydrogens (tertiary/aromatic N) is 1. The van der Waals surface area contributed by atoms with Crippen LogP contribution in [0, 0.1) is 6.92 Å². The lowest BCUT2D eigenvalue weighted by Gasteiger charge is -2.07. The fraction of sp³-hybridized carbons (Fsp3) is 0.267. The Kier molecular flexibility index (Phi) is 4.31. The van der Waals surface area contributed by atoms with Crippen molar-refractivity contribution in [1.29, 1.82) is 0 Å². The lowest BCUT2D eigenvalue weighted by molar-refractivity contribution is 0.965. The van der Waals surface area contributed by atoms with E-state index in [4.69, 9.17) is 5.73 Å². The number of hydrogen-bond donors (Lipinski definition) is 2. The minimum Gasteiger partial charge on any atom is -0.366 e. The highest BCUT2D eigenvalue weighted by molar-refractivity contribution is 5.38. The Morgan fingerprint density at radius 2 is 1.83 bits per heavy atom. The maximum Gasteiger partial charge on any atom is 0.126 e. The van der Waals surface area contributed by atoms with Crippen molar-refractivity contribution in [3.05, 3.63) is 59.3 Å². The van der Waals surface area contributed by atoms with Gasteiger partial charge in [-0.25, -0.2) is 4.98 Å². The van der Waals surface area contributed by atoms with Gasteiger partial charge in [0.25, 0.3) is 0 Å². The minimum atomic E-state index is 0.699. The van der Waals surface area contributed by atoms with Gasteiger partial charge in [0.2, 0.25) is 0 Å². The molecule has 1 aromatic carbocycles. The van der Waals surface area contributed by atoms with Gasteiger partial charge < -0.3 is 11.1 Å². The van der Waals surface area contributed by atoms with Crippen molar-refractivity contribution < 1.29 is 0 Å². The van der Waals surface area contributed by atoms with Crippen LogP contribution in [0.3, 0.4) is 0 Å². The summed E-state index contributed by atoms with van der Waals surface area (Å²) < 4.78 is 0. The Bertz CT molecular complexity index is 491. The third-order valence-electron chi connectivity index (χ3n) is 2.85. The van der Waals surface area contributed by atoms with Crippen molar-refractivity contribution in [2.24, 2.45) is 5.73 Å². The topological polar surface area (TPSA) is 50.9 Å². The van der Waals surface area contributed by atoms with Crippen LogP contribution in [0.4, 0.5) is 5.82 Å². The van der Waals surface area contributed by atoms with Crippen LogP contribution in [0.5, 0.6) is 0 Å². The molecule has 0 atom stereocenters. The monoisotopic (exact) mass is 241 g/mol. The molecule has 3 N–H and O–H groups in total. The van der Waals surface area contributed by atoms with Crippen molar-refractivity contribution in [3.8, 4) is 0 Å². The third kappa shape index (κ3) is 3.57. The predicted octanol–water partition coefficient (Wildman–Crippen LogP) is 2.50. The number of hydrogen-bond acceptors (Lipinski definition) is 3. The van der Waals surface area contributed by atoms with E-state index < -0.39 is 0 Å². The van der Waals surface area contributed by atoms with E-state index in [0.29, 0.717) is 6.54 Å². The molecule has 0 aliphatic heterocycles. The van der Waals surface area contributed by atoms with Gasteiger partial charge in [0.15, 0.2) is 0 Å². The molecule has 0 aliphatic rings. The molecule has 18 heavy (non-hydrogen) atoms. The zero-order chi connectivity index (χ0) is 12.8. The first-order valence-electron chi connectivity index (χ1n) is 6.22. The summed E-state index contributed by atoms with van der Waals surface area (Å²) in [6, 6.07) is 12.6. The van der Waals surface area contributed by atoms with E-state index in [2.05, 4.69) is 41.5 Å². The molecule has 0 spiro atoms. The summed E-state index contributed by atoms with van der Waals surface area (Å²) in [6.07, 6.45) is 2.76. The SMILES string of the molecule is Cc1ccnc(NCc2ccc(CCN)cc2)c1. The van der Waals surface area contributed by atoms with Gasteiger partial charge in [-0.2, -0.15) is 0 Å². The van der Waals surface area contributed by atoms with Crippen molar-refractivity contribution in [2.45, 2.75) is 19.9 Å². The van der Waals surface area contributed by atoms with Gasteiger partial charge >= 0.3 is 0 Å². The molecule has 94 valence electrons. The van der Waals surface area contributed by atoms with E-state index in [0.717, 1.165) is 18.8 Å². The number of pyridine rings is 1. The largest absolute Gasteiger partial charge is 0.366 e. The summed E-state index contributed by atoms with van der Waals surface area (Å²) in [5.74, 6) is 0.918. The second kappa shape index (κ2) is 6.17. The second-order valence-electron chi connectivity index (χ2n) is 4.43. The minimum absolute atomic E-state index is 0.699. The van der Waals surface area contributed by atoms with Crippen LogP contribution in [-0.4, -0.2) is 11.5 Å². The van der Waals surface area contributed by atoms with Crippen molar-refractivity contribution >= 4 is 5.82 Å². The first kappa shape index (κ1) is 12.6. The van der Waals surface area contributed by atoms with Crippen LogP contribution in [0.25, 0.3) is 0 Å². The molecule has 3 nitrogen and oxygen atoms in total. The molecule has 0 saturated heterocycles. The average molecular weight is 241 g/mol. The van der Waals surface area contributed by atoms with E-state index >= 15 is 0 Å². The Morgan fingerprint density at radius 1 is 1.11 bits per heavy atom. The molecule has 1 aromatic heterocycles. The van der Waals surface area contributed by atoms with Crippen LogP contribution >= 0.6 is 0 Å². The number of aromatic nitrogens is 1. The Labute approximate surface area is 108 Å². The fourth-order valence-electron chi connectivity index (χ4n) is 1.82. The number of anilines is 1. The Morgan fingerprint density at radius 3 is 2.50 bits per heavy atom. The maximum atomic E-state index is 5.53. The quantitative estimate of drug-likeness (QED) is 0.845. The first-order valence-corrected chi connectivity index (χ1v) is 6.22. The van der Waals surface area contributed by atoms with E-state index in [-0.39, 0.29) is 0 Å². The number of nitrogens with two attached hydrogens (primary N) is 1. The molecule has 2 aromatic rings. The van der Waals surface area contributed by atoms with Crippen LogP contribution < -0.4 is 11.1 Å². The lowest BCUT2D eigenvalue weighted by atomic mass is 10.1. The zero-order valence-corrected chi connectivity index (χ0v) is 10.7. The molecule has 0 saturated carbocycles.